The van der Waals surface area contributed by atoms with E-state index >= 15 is 0 Å². The van der Waals surface area contributed by atoms with Crippen LogP contribution in [-0.4, -0.2) is 39.2 Å². The third-order valence-corrected chi connectivity index (χ3v) is 2.73. The van der Waals surface area contributed by atoms with Gasteiger partial charge in [-0.3, -0.25) is 5.41 Å². The van der Waals surface area contributed by atoms with Crippen LogP contribution in [0.1, 0.15) is 12.8 Å². The number of hydrogen-bond acceptors (Lipinski definition) is 6. The Bertz CT molecular complexity index is 436. The summed E-state index contributed by atoms with van der Waals surface area (Å²) >= 11 is 0. The molecule has 16 heavy (non-hydrogen) atoms. The molecular weight excluding hydrogens is 210 g/mol. The fourth-order valence-electron chi connectivity index (χ4n) is 1.76. The summed E-state index contributed by atoms with van der Waals surface area (Å²) in [7, 11) is 0. The number of nitrogens with zero attached hydrogens (tertiary/aromatic N) is 3. The quantitative estimate of drug-likeness (QED) is 0.465. The molecular formula is C9H15N5O2. The van der Waals surface area contributed by atoms with Gasteiger partial charge < -0.3 is 20.9 Å². The Kier molecular flexibility index (Phi) is 2.69. The van der Waals surface area contributed by atoms with Gasteiger partial charge in [0.2, 0.25) is 0 Å². The highest BCUT2D eigenvalue weighted by molar-refractivity contribution is 5.46. The molecule has 0 unspecified atom stereocenters. The molecule has 88 valence electrons. The highest BCUT2D eigenvalue weighted by atomic mass is 16.5. The van der Waals surface area contributed by atoms with Crippen LogP contribution < -0.4 is 16.3 Å². The van der Waals surface area contributed by atoms with Gasteiger partial charge in [0.25, 0.3) is 5.62 Å². The highest BCUT2D eigenvalue weighted by Gasteiger charge is 2.18. The van der Waals surface area contributed by atoms with Crippen molar-refractivity contribution in [2.45, 2.75) is 18.9 Å². The van der Waals surface area contributed by atoms with Crippen molar-refractivity contribution in [2.24, 2.45) is 0 Å². The van der Waals surface area contributed by atoms with Crippen molar-refractivity contribution in [1.82, 2.24) is 9.71 Å². The molecule has 0 aliphatic carbocycles. The molecule has 0 aromatic carbocycles. The van der Waals surface area contributed by atoms with Gasteiger partial charge in [0.15, 0.2) is 0 Å². The van der Waals surface area contributed by atoms with Crippen molar-refractivity contribution >= 4 is 11.6 Å². The first kappa shape index (κ1) is 10.7. The molecule has 7 heteroatoms. The van der Waals surface area contributed by atoms with Crippen LogP contribution in [0.15, 0.2) is 6.07 Å². The van der Waals surface area contributed by atoms with Crippen LogP contribution in [-0.2, 0) is 0 Å². The summed E-state index contributed by atoms with van der Waals surface area (Å²) in [6, 6.07) is 1.52. The first-order valence-corrected chi connectivity index (χ1v) is 5.14. The average Bonchev–Trinajstić information content (AvgIpc) is 2.26. The molecule has 7 nitrogen and oxygen atoms in total. The zero-order valence-electron chi connectivity index (χ0n) is 8.80. The van der Waals surface area contributed by atoms with Crippen LogP contribution >= 0.6 is 0 Å². The number of aromatic nitrogens is 2. The second kappa shape index (κ2) is 4.01. The van der Waals surface area contributed by atoms with Gasteiger partial charge in [-0.25, -0.2) is 0 Å². The number of anilines is 2. The molecule has 0 radical (unpaired) electrons. The molecule has 1 saturated heterocycles. The van der Waals surface area contributed by atoms with Gasteiger partial charge in [-0.1, -0.05) is 0 Å². The SMILES string of the molecule is N=c1nc(N2CCC(O)CC2)cc(N)n1O. The Balaban J connectivity index is 2.24. The average molecular weight is 225 g/mol. The topological polar surface area (TPSA) is 111 Å². The molecule has 1 aromatic heterocycles. The lowest BCUT2D eigenvalue weighted by Crippen LogP contribution is -2.38. The Morgan fingerprint density at radius 2 is 2.06 bits per heavy atom. The molecule has 1 aliphatic rings. The van der Waals surface area contributed by atoms with Crippen LogP contribution in [0.5, 0.6) is 0 Å². The lowest BCUT2D eigenvalue weighted by Gasteiger charge is -2.30. The molecule has 2 rings (SSSR count). The van der Waals surface area contributed by atoms with E-state index in [2.05, 4.69) is 4.98 Å². The predicted octanol–water partition coefficient (Wildman–Crippen LogP) is -0.857. The summed E-state index contributed by atoms with van der Waals surface area (Å²) in [6.45, 7) is 1.37. The fourth-order valence-corrected chi connectivity index (χ4v) is 1.76. The molecule has 5 N–H and O–H groups in total. The second-order valence-corrected chi connectivity index (χ2v) is 3.89. The smallest absolute Gasteiger partial charge is 0.259 e. The molecule has 0 saturated carbocycles. The van der Waals surface area contributed by atoms with E-state index in [1.807, 2.05) is 4.90 Å². The van der Waals surface area contributed by atoms with E-state index in [9.17, 15) is 10.3 Å². The first-order chi connectivity index (χ1) is 7.58. The monoisotopic (exact) mass is 225 g/mol. The summed E-state index contributed by atoms with van der Waals surface area (Å²) < 4.78 is 0.530. The number of nitrogens with one attached hydrogen (secondary N) is 1. The van der Waals surface area contributed by atoms with Crippen molar-refractivity contribution in [1.29, 1.82) is 5.41 Å². The van der Waals surface area contributed by atoms with Gasteiger partial charge in [0, 0.05) is 19.2 Å². The molecule has 1 fully saturated rings. The maximum absolute atomic E-state index is 9.37. The number of aliphatic hydroxyl groups is 1. The molecule has 2 heterocycles. The minimum absolute atomic E-state index is 0.0844. The normalized spacial score (nSPS) is 17.7. The van der Waals surface area contributed by atoms with Crippen molar-refractivity contribution < 1.29 is 10.3 Å². The molecule has 1 aliphatic heterocycles. The summed E-state index contributed by atoms with van der Waals surface area (Å²) in [5, 5.41) is 26.0. The molecule has 0 amide bonds. The van der Waals surface area contributed by atoms with Crippen molar-refractivity contribution in [2.75, 3.05) is 23.7 Å². The lowest BCUT2D eigenvalue weighted by molar-refractivity contribution is 0.145. The first-order valence-electron chi connectivity index (χ1n) is 5.14. The number of piperidine rings is 1. The Labute approximate surface area is 92.2 Å². The predicted molar refractivity (Wildman–Crippen MR) is 57.1 cm³/mol. The van der Waals surface area contributed by atoms with Crippen LogP contribution in [0.4, 0.5) is 11.6 Å². The fraction of sp³-hybridized carbons (Fsp3) is 0.556. The van der Waals surface area contributed by atoms with Gasteiger partial charge in [0.05, 0.1) is 6.10 Å². The Morgan fingerprint density at radius 1 is 1.44 bits per heavy atom. The largest absolute Gasteiger partial charge is 0.423 e. The van der Waals surface area contributed by atoms with E-state index in [1.54, 1.807) is 0 Å². The molecule has 0 bridgehead atoms. The zero-order chi connectivity index (χ0) is 11.7. The molecule has 0 atom stereocenters. The molecule has 0 spiro atoms. The zero-order valence-corrected chi connectivity index (χ0v) is 8.80. The van der Waals surface area contributed by atoms with Crippen molar-refractivity contribution in [3.63, 3.8) is 0 Å². The number of aliphatic hydroxyl groups excluding tert-OH is 1. The number of nitrogens with two attached hydrogens (primary N) is 1. The maximum atomic E-state index is 9.37. The third-order valence-electron chi connectivity index (χ3n) is 2.73. The minimum atomic E-state index is -0.291. The Hall–Kier alpha value is -1.76. The summed E-state index contributed by atoms with van der Waals surface area (Å²) in [6.07, 6.45) is 1.11. The maximum Gasteiger partial charge on any atom is 0.259 e. The third kappa shape index (κ3) is 1.94. The minimum Gasteiger partial charge on any atom is -0.423 e. The van der Waals surface area contributed by atoms with Crippen LogP contribution in [0.25, 0.3) is 0 Å². The van der Waals surface area contributed by atoms with Gasteiger partial charge in [-0.15, -0.1) is 4.73 Å². The van der Waals surface area contributed by atoms with E-state index in [0.717, 1.165) is 0 Å². The van der Waals surface area contributed by atoms with Gasteiger partial charge >= 0.3 is 0 Å². The lowest BCUT2D eigenvalue weighted by atomic mass is 10.1. The van der Waals surface area contributed by atoms with Crippen LogP contribution in [0, 0.1) is 5.41 Å². The van der Waals surface area contributed by atoms with Gasteiger partial charge in [0.1, 0.15) is 11.6 Å². The standard InChI is InChI=1S/C9H15N5O2/c10-7-5-8(12-9(11)14(7)16)13-3-1-6(15)2-4-13/h5-6,11,15-16H,1-4,10H2. The van der Waals surface area contributed by atoms with Gasteiger partial charge in [-0.05, 0) is 12.8 Å². The van der Waals surface area contributed by atoms with E-state index in [-0.39, 0.29) is 17.5 Å². The van der Waals surface area contributed by atoms with E-state index in [0.29, 0.717) is 36.5 Å². The van der Waals surface area contributed by atoms with Crippen LogP contribution in [0.2, 0.25) is 0 Å². The summed E-state index contributed by atoms with van der Waals surface area (Å²) in [5.74, 6) is 0.654. The van der Waals surface area contributed by atoms with E-state index in [1.165, 1.54) is 6.07 Å². The Morgan fingerprint density at radius 3 is 2.62 bits per heavy atom. The second-order valence-electron chi connectivity index (χ2n) is 3.89. The van der Waals surface area contributed by atoms with E-state index in [4.69, 9.17) is 11.1 Å². The van der Waals surface area contributed by atoms with E-state index < -0.39 is 0 Å². The van der Waals surface area contributed by atoms with Crippen molar-refractivity contribution in [3.8, 4) is 0 Å². The number of nitrogen functional groups attached to an aromatic ring is 1. The summed E-state index contributed by atoms with van der Waals surface area (Å²) in [5.41, 5.74) is 5.24. The van der Waals surface area contributed by atoms with Crippen molar-refractivity contribution in [3.05, 3.63) is 11.7 Å². The number of rotatable bonds is 1. The number of hydrogen-bond donors (Lipinski definition) is 4. The summed E-state index contributed by atoms with van der Waals surface area (Å²) in [4.78, 5) is 5.87. The van der Waals surface area contributed by atoms with Crippen LogP contribution in [0.3, 0.4) is 0 Å². The highest BCUT2D eigenvalue weighted by Crippen LogP contribution is 2.17. The van der Waals surface area contributed by atoms with Gasteiger partial charge in [-0.2, -0.15) is 4.98 Å². The molecule has 1 aromatic rings.